The number of carbonyl (C=O) groups excluding carboxylic acids is 1. The molecular weight excluding hydrogens is 347 g/mol. The molecule has 0 aliphatic carbocycles. The summed E-state index contributed by atoms with van der Waals surface area (Å²) in [6.07, 6.45) is 0.395. The summed E-state index contributed by atoms with van der Waals surface area (Å²) in [5.74, 6) is -0.695. The number of amides is 1. The molecule has 0 saturated carbocycles. The summed E-state index contributed by atoms with van der Waals surface area (Å²) in [7, 11) is 0. The second-order valence-corrected chi connectivity index (χ2v) is 6.01. The predicted molar refractivity (Wildman–Crippen MR) is 97.9 cm³/mol. The number of aromatic nitrogens is 2. The minimum atomic E-state index is -0.639. The van der Waals surface area contributed by atoms with Crippen LogP contribution in [0, 0.1) is 5.82 Å². The smallest absolute Gasteiger partial charge is 0.412 e. The Kier molecular flexibility index (Phi) is 7.57. The van der Waals surface area contributed by atoms with Crippen LogP contribution in [-0.4, -0.2) is 21.7 Å². The number of hydrogen-bond acceptors (Lipinski definition) is 5. The number of anilines is 3. The van der Waals surface area contributed by atoms with E-state index < -0.39 is 17.5 Å². The van der Waals surface area contributed by atoms with Crippen LogP contribution in [0.4, 0.5) is 26.4 Å². The fourth-order valence-electron chi connectivity index (χ4n) is 1.67. The highest BCUT2D eigenvalue weighted by Gasteiger charge is 2.16. The van der Waals surface area contributed by atoms with Crippen LogP contribution in [0.1, 0.15) is 34.6 Å². The maximum Gasteiger partial charge on any atom is 0.412 e. The van der Waals surface area contributed by atoms with Gasteiger partial charge in [0.15, 0.2) is 11.6 Å². The van der Waals surface area contributed by atoms with Crippen LogP contribution < -0.4 is 10.6 Å². The molecule has 1 heterocycles. The topological polar surface area (TPSA) is 76.1 Å². The van der Waals surface area contributed by atoms with Crippen LogP contribution in [0.3, 0.4) is 0 Å². The first-order chi connectivity index (χ1) is 11.7. The van der Waals surface area contributed by atoms with Gasteiger partial charge < -0.3 is 10.1 Å². The molecule has 0 radical (unpaired) electrons. The monoisotopic (exact) mass is 368 g/mol. The number of hydrogen-bond donors (Lipinski definition) is 2. The van der Waals surface area contributed by atoms with Gasteiger partial charge in [-0.05, 0) is 50.6 Å². The molecule has 136 valence electrons. The van der Waals surface area contributed by atoms with E-state index in [2.05, 4.69) is 20.6 Å². The van der Waals surface area contributed by atoms with Crippen LogP contribution in [0.5, 0.6) is 0 Å². The lowest BCUT2D eigenvalue weighted by Gasteiger charge is -2.19. The fraction of sp³-hybridized carbons (Fsp3) is 0.353. The fourth-order valence-corrected chi connectivity index (χ4v) is 1.80. The van der Waals surface area contributed by atoms with Crippen LogP contribution in [0.25, 0.3) is 0 Å². The van der Waals surface area contributed by atoms with Crippen molar-refractivity contribution in [3.63, 3.8) is 0 Å². The predicted octanol–water partition coefficient (Wildman–Crippen LogP) is 5.39. The number of halogens is 2. The molecule has 0 aliphatic heterocycles. The first kappa shape index (κ1) is 20.6. The third-order valence-electron chi connectivity index (χ3n) is 2.49. The average molecular weight is 369 g/mol. The largest absolute Gasteiger partial charge is 0.444 e. The van der Waals surface area contributed by atoms with Gasteiger partial charge in [0.1, 0.15) is 5.60 Å². The molecule has 0 fully saturated rings. The van der Waals surface area contributed by atoms with Crippen molar-refractivity contribution in [3.8, 4) is 0 Å². The van der Waals surface area contributed by atoms with Crippen LogP contribution in [-0.2, 0) is 4.74 Å². The molecule has 1 amide bonds. The summed E-state index contributed by atoms with van der Waals surface area (Å²) in [4.78, 5) is 19.0. The molecule has 2 aromatic rings. The Morgan fingerprint density at radius 1 is 1.24 bits per heavy atom. The van der Waals surface area contributed by atoms with Crippen LogP contribution in [0.15, 0.2) is 30.5 Å². The molecule has 0 aliphatic rings. The third kappa shape index (κ3) is 7.34. The van der Waals surface area contributed by atoms with E-state index in [9.17, 15) is 9.18 Å². The van der Waals surface area contributed by atoms with E-state index >= 15 is 0 Å². The molecule has 0 atom stereocenters. The molecule has 0 spiro atoms. The molecular formula is C17H22ClFN4O2. The molecule has 0 unspecified atom stereocenters. The van der Waals surface area contributed by atoms with E-state index in [4.69, 9.17) is 16.3 Å². The van der Waals surface area contributed by atoms with Gasteiger partial charge in [-0.1, -0.05) is 19.9 Å². The van der Waals surface area contributed by atoms with Gasteiger partial charge in [0.25, 0.3) is 0 Å². The van der Waals surface area contributed by atoms with E-state index in [0.29, 0.717) is 11.4 Å². The lowest BCUT2D eigenvalue weighted by molar-refractivity contribution is 0.0636. The Morgan fingerprint density at radius 2 is 1.88 bits per heavy atom. The standard InChI is InChI=1S/C15H16ClFN4O2.C2H6/c1-15(2,3)23-14(22)20-10-6-4-5-9(7-10)19-12-11(17)8-18-13(16)21-12;1-2/h4-8H,1-3H3,(H,20,22)(H,18,19,21);1-2H3. The van der Waals surface area contributed by atoms with Crippen molar-refractivity contribution in [1.82, 2.24) is 9.97 Å². The van der Waals surface area contributed by atoms with Gasteiger partial charge in [-0.2, -0.15) is 4.98 Å². The maximum absolute atomic E-state index is 13.6. The number of ether oxygens (including phenoxy) is 1. The highest BCUT2D eigenvalue weighted by Crippen LogP contribution is 2.22. The third-order valence-corrected chi connectivity index (χ3v) is 2.67. The van der Waals surface area contributed by atoms with Gasteiger partial charge in [0.2, 0.25) is 5.28 Å². The minimum Gasteiger partial charge on any atom is -0.444 e. The molecule has 2 N–H and O–H groups in total. The van der Waals surface area contributed by atoms with Gasteiger partial charge in [-0.3, -0.25) is 5.32 Å². The van der Waals surface area contributed by atoms with Crippen molar-refractivity contribution in [3.05, 3.63) is 41.6 Å². The van der Waals surface area contributed by atoms with Crippen molar-refractivity contribution in [2.75, 3.05) is 10.6 Å². The number of nitrogens with one attached hydrogen (secondary N) is 2. The van der Waals surface area contributed by atoms with Gasteiger partial charge in [0.05, 0.1) is 6.20 Å². The molecule has 0 bridgehead atoms. The van der Waals surface area contributed by atoms with E-state index in [1.165, 1.54) is 0 Å². The zero-order chi connectivity index (χ0) is 19.0. The summed E-state index contributed by atoms with van der Waals surface area (Å²) in [5.41, 5.74) is 0.415. The first-order valence-electron chi connectivity index (χ1n) is 7.78. The molecule has 6 nitrogen and oxygen atoms in total. The second-order valence-electron chi connectivity index (χ2n) is 5.67. The van der Waals surface area contributed by atoms with E-state index in [1.54, 1.807) is 45.0 Å². The van der Waals surface area contributed by atoms with Gasteiger partial charge >= 0.3 is 6.09 Å². The number of carbonyl (C=O) groups is 1. The summed E-state index contributed by atoms with van der Waals surface area (Å²) in [6, 6.07) is 6.67. The normalized spacial score (nSPS) is 10.4. The van der Waals surface area contributed by atoms with Crippen molar-refractivity contribution < 1.29 is 13.9 Å². The molecule has 1 aromatic carbocycles. The molecule has 25 heavy (non-hydrogen) atoms. The lowest BCUT2D eigenvalue weighted by Crippen LogP contribution is -2.27. The second kappa shape index (κ2) is 9.17. The summed E-state index contributed by atoms with van der Waals surface area (Å²) in [6.45, 7) is 9.31. The minimum absolute atomic E-state index is 0.0561. The van der Waals surface area contributed by atoms with Gasteiger partial charge in [-0.15, -0.1) is 0 Å². The van der Waals surface area contributed by atoms with Crippen molar-refractivity contribution in [2.45, 2.75) is 40.2 Å². The Labute approximate surface area is 151 Å². The number of nitrogens with zero attached hydrogens (tertiary/aromatic N) is 2. The van der Waals surface area contributed by atoms with E-state index in [1.807, 2.05) is 13.8 Å². The quantitative estimate of drug-likeness (QED) is 0.710. The summed E-state index contributed by atoms with van der Waals surface area (Å²) in [5, 5.41) is 5.30. The zero-order valence-corrected chi connectivity index (χ0v) is 15.6. The zero-order valence-electron chi connectivity index (χ0n) is 14.9. The summed E-state index contributed by atoms with van der Waals surface area (Å²) >= 11 is 5.64. The Hall–Kier alpha value is -2.41. The van der Waals surface area contributed by atoms with Gasteiger partial charge in [0, 0.05) is 11.4 Å². The van der Waals surface area contributed by atoms with Crippen molar-refractivity contribution >= 4 is 34.9 Å². The van der Waals surface area contributed by atoms with Crippen LogP contribution in [0.2, 0.25) is 5.28 Å². The highest BCUT2D eigenvalue weighted by atomic mass is 35.5. The Balaban J connectivity index is 0.00000151. The number of benzene rings is 1. The van der Waals surface area contributed by atoms with Gasteiger partial charge in [-0.25, -0.2) is 14.2 Å². The molecule has 0 saturated heterocycles. The SMILES string of the molecule is CC.CC(C)(C)OC(=O)Nc1cccc(Nc2nc(Cl)ncc2F)c1. The summed E-state index contributed by atoms with van der Waals surface area (Å²) < 4.78 is 18.8. The maximum atomic E-state index is 13.6. The van der Waals surface area contributed by atoms with Crippen molar-refractivity contribution in [2.24, 2.45) is 0 Å². The highest BCUT2D eigenvalue weighted by molar-refractivity contribution is 6.28. The number of rotatable bonds is 3. The lowest BCUT2D eigenvalue weighted by atomic mass is 10.2. The first-order valence-corrected chi connectivity index (χ1v) is 8.16. The molecule has 2 rings (SSSR count). The Morgan fingerprint density at radius 3 is 2.52 bits per heavy atom. The van der Waals surface area contributed by atoms with E-state index in [0.717, 1.165) is 6.20 Å². The molecule has 8 heteroatoms. The molecule has 1 aromatic heterocycles. The Bertz CT molecular complexity index is 720. The average Bonchev–Trinajstić information content (AvgIpc) is 2.51. The van der Waals surface area contributed by atoms with Crippen molar-refractivity contribution in [1.29, 1.82) is 0 Å². The van der Waals surface area contributed by atoms with E-state index in [-0.39, 0.29) is 11.1 Å². The van der Waals surface area contributed by atoms with Crippen LogP contribution >= 0.6 is 11.6 Å².